The van der Waals surface area contributed by atoms with Crippen molar-refractivity contribution in [2.45, 2.75) is 33.6 Å². The van der Waals surface area contributed by atoms with Crippen molar-refractivity contribution in [2.75, 3.05) is 0 Å². The lowest BCUT2D eigenvalue weighted by Gasteiger charge is -2.50. The van der Waals surface area contributed by atoms with Crippen LogP contribution in [0, 0.1) is 17.3 Å². The Kier molecular flexibility index (Phi) is 2.46. The van der Waals surface area contributed by atoms with E-state index >= 15 is 0 Å². The second-order valence-corrected chi connectivity index (χ2v) is 4.52. The number of rotatable bonds is 3. The minimum Gasteiger partial charge on any atom is -0.481 e. The monoisotopic (exact) mass is 184 g/mol. The molecule has 0 saturated heterocycles. The summed E-state index contributed by atoms with van der Waals surface area (Å²) in [6.45, 7) is 5.55. The van der Waals surface area contributed by atoms with Crippen LogP contribution in [0.1, 0.15) is 33.6 Å². The molecule has 0 aromatic rings. The molecule has 0 aromatic heterocycles. The van der Waals surface area contributed by atoms with Gasteiger partial charge in [-0.2, -0.15) is 0 Å². The highest BCUT2D eigenvalue weighted by molar-refractivity contribution is 5.80. The van der Waals surface area contributed by atoms with Gasteiger partial charge in [-0.05, 0) is 24.7 Å². The summed E-state index contributed by atoms with van der Waals surface area (Å²) >= 11 is 0. The van der Waals surface area contributed by atoms with Crippen LogP contribution in [0.25, 0.3) is 0 Å². The van der Waals surface area contributed by atoms with E-state index < -0.39 is 5.97 Å². The summed E-state index contributed by atoms with van der Waals surface area (Å²) in [6, 6.07) is 0. The van der Waals surface area contributed by atoms with Gasteiger partial charge >= 0.3 is 5.97 Å². The molecule has 1 N–H and O–H groups in total. The summed E-state index contributed by atoms with van der Waals surface area (Å²) in [6.07, 6.45) is 0.936. The number of carbonyl (C=O) groups excluding carboxylic acids is 1. The Hall–Kier alpha value is -0.860. The van der Waals surface area contributed by atoms with E-state index in [1.807, 2.05) is 13.8 Å². The van der Waals surface area contributed by atoms with Crippen molar-refractivity contribution in [3.05, 3.63) is 0 Å². The molecule has 1 fully saturated rings. The van der Waals surface area contributed by atoms with E-state index in [9.17, 15) is 9.59 Å². The van der Waals surface area contributed by atoms with Crippen molar-refractivity contribution in [3.63, 3.8) is 0 Å². The van der Waals surface area contributed by atoms with Crippen LogP contribution in [-0.4, -0.2) is 16.9 Å². The zero-order valence-electron chi connectivity index (χ0n) is 8.33. The molecule has 0 radical (unpaired) electrons. The van der Waals surface area contributed by atoms with E-state index in [0.717, 1.165) is 6.42 Å². The first-order chi connectivity index (χ1) is 5.85. The fourth-order valence-electron chi connectivity index (χ4n) is 2.26. The topological polar surface area (TPSA) is 54.4 Å². The first-order valence-corrected chi connectivity index (χ1v) is 4.58. The Morgan fingerprint density at radius 3 is 2.31 bits per heavy atom. The van der Waals surface area contributed by atoms with Crippen molar-refractivity contribution < 1.29 is 14.7 Å². The van der Waals surface area contributed by atoms with Gasteiger partial charge in [0.1, 0.15) is 5.78 Å². The van der Waals surface area contributed by atoms with Crippen LogP contribution >= 0.6 is 0 Å². The minimum absolute atomic E-state index is 0.0665. The fraction of sp³-hybridized carbons (Fsp3) is 0.800. The predicted molar refractivity (Wildman–Crippen MR) is 48.3 cm³/mol. The van der Waals surface area contributed by atoms with Gasteiger partial charge in [0.2, 0.25) is 0 Å². The van der Waals surface area contributed by atoms with Crippen LogP contribution in [0.2, 0.25) is 0 Å². The van der Waals surface area contributed by atoms with Crippen LogP contribution in [0.5, 0.6) is 0 Å². The summed E-state index contributed by atoms with van der Waals surface area (Å²) in [5.41, 5.74) is -0.121. The molecule has 0 aliphatic heterocycles. The Morgan fingerprint density at radius 1 is 1.46 bits per heavy atom. The Labute approximate surface area is 78.1 Å². The summed E-state index contributed by atoms with van der Waals surface area (Å²) in [5, 5.41) is 8.62. The van der Waals surface area contributed by atoms with Crippen LogP contribution in [0.4, 0.5) is 0 Å². The molecule has 0 aromatic carbocycles. The number of hydrogen-bond donors (Lipinski definition) is 1. The fourth-order valence-corrected chi connectivity index (χ4v) is 2.26. The van der Waals surface area contributed by atoms with Gasteiger partial charge in [-0.15, -0.1) is 0 Å². The lowest BCUT2D eigenvalue weighted by Crippen LogP contribution is -2.48. The van der Waals surface area contributed by atoms with Gasteiger partial charge < -0.3 is 5.11 Å². The molecule has 1 aliphatic carbocycles. The molecule has 1 rings (SSSR count). The molecule has 0 spiro atoms. The Balaban J connectivity index is 2.59. The van der Waals surface area contributed by atoms with E-state index in [-0.39, 0.29) is 29.5 Å². The van der Waals surface area contributed by atoms with Crippen LogP contribution in [0.3, 0.4) is 0 Å². The highest BCUT2D eigenvalue weighted by Crippen LogP contribution is 2.53. The molecule has 1 aliphatic rings. The number of carboxylic acids is 1. The largest absolute Gasteiger partial charge is 0.481 e. The molecule has 3 nitrogen and oxygen atoms in total. The number of carboxylic acid groups (broad SMARTS) is 1. The van der Waals surface area contributed by atoms with E-state index in [4.69, 9.17) is 5.11 Å². The standard InChI is InChI=1S/C10H16O3/c1-6(11)8-4-7(5-9(12)13)10(8,2)3/h7-8H,4-5H2,1-3H3,(H,12,13)/t7?,8-/m0/s1. The third-order valence-corrected chi connectivity index (χ3v) is 3.38. The number of carbonyl (C=O) groups is 2. The molecular formula is C10H16O3. The lowest BCUT2D eigenvalue weighted by molar-refractivity contribution is -0.149. The van der Waals surface area contributed by atoms with E-state index in [1.54, 1.807) is 6.92 Å². The number of hydrogen-bond acceptors (Lipinski definition) is 2. The maximum atomic E-state index is 11.1. The smallest absolute Gasteiger partial charge is 0.303 e. The second kappa shape index (κ2) is 3.13. The third kappa shape index (κ3) is 1.74. The summed E-state index contributed by atoms with van der Waals surface area (Å²) in [7, 11) is 0. The highest BCUT2D eigenvalue weighted by Gasteiger charge is 2.50. The molecule has 2 atom stereocenters. The molecule has 1 saturated carbocycles. The summed E-state index contributed by atoms with van der Waals surface area (Å²) in [4.78, 5) is 21.6. The van der Waals surface area contributed by atoms with Crippen molar-refractivity contribution >= 4 is 11.8 Å². The molecule has 3 heteroatoms. The molecule has 13 heavy (non-hydrogen) atoms. The molecule has 0 bridgehead atoms. The molecule has 74 valence electrons. The molecular weight excluding hydrogens is 168 g/mol. The average Bonchev–Trinajstić information content (AvgIpc) is 1.96. The second-order valence-electron chi connectivity index (χ2n) is 4.52. The van der Waals surface area contributed by atoms with Gasteiger partial charge in [-0.3, -0.25) is 9.59 Å². The maximum absolute atomic E-state index is 11.1. The Bertz CT molecular complexity index is 243. The van der Waals surface area contributed by atoms with Gasteiger partial charge in [-0.1, -0.05) is 13.8 Å². The normalized spacial score (nSPS) is 30.7. The number of aliphatic carboxylic acids is 1. The van der Waals surface area contributed by atoms with Gasteiger partial charge in [0.05, 0.1) is 0 Å². The van der Waals surface area contributed by atoms with Crippen LogP contribution in [0.15, 0.2) is 0 Å². The quantitative estimate of drug-likeness (QED) is 0.726. The average molecular weight is 184 g/mol. The maximum Gasteiger partial charge on any atom is 0.303 e. The predicted octanol–water partition coefficient (Wildman–Crippen LogP) is 1.71. The summed E-state index contributed by atoms with van der Waals surface area (Å²) in [5.74, 6) is -0.345. The van der Waals surface area contributed by atoms with Gasteiger partial charge in [0, 0.05) is 12.3 Å². The van der Waals surface area contributed by atoms with Gasteiger partial charge in [0.25, 0.3) is 0 Å². The number of Topliss-reactive ketones (excluding diaryl/α,β-unsaturated/α-hetero) is 1. The zero-order valence-corrected chi connectivity index (χ0v) is 8.33. The van der Waals surface area contributed by atoms with E-state index in [0.29, 0.717) is 0 Å². The first kappa shape index (κ1) is 10.2. The SMILES string of the molecule is CC(=O)[C@@H]1CC(CC(=O)O)C1(C)C. The highest BCUT2D eigenvalue weighted by atomic mass is 16.4. The van der Waals surface area contributed by atoms with Crippen molar-refractivity contribution in [2.24, 2.45) is 17.3 Å². The minimum atomic E-state index is -0.764. The van der Waals surface area contributed by atoms with Gasteiger partial charge in [-0.25, -0.2) is 0 Å². The Morgan fingerprint density at radius 2 is 2.00 bits per heavy atom. The molecule has 0 amide bonds. The number of ketones is 1. The first-order valence-electron chi connectivity index (χ1n) is 4.58. The molecule has 0 heterocycles. The van der Waals surface area contributed by atoms with Crippen LogP contribution < -0.4 is 0 Å². The van der Waals surface area contributed by atoms with E-state index in [1.165, 1.54) is 0 Å². The third-order valence-electron chi connectivity index (χ3n) is 3.38. The van der Waals surface area contributed by atoms with Gasteiger partial charge in [0.15, 0.2) is 0 Å². The van der Waals surface area contributed by atoms with Crippen molar-refractivity contribution in [1.82, 2.24) is 0 Å². The van der Waals surface area contributed by atoms with E-state index in [2.05, 4.69) is 0 Å². The lowest BCUT2D eigenvalue weighted by atomic mass is 9.53. The van der Waals surface area contributed by atoms with Crippen LogP contribution in [-0.2, 0) is 9.59 Å². The zero-order chi connectivity index (χ0) is 10.2. The summed E-state index contributed by atoms with van der Waals surface area (Å²) < 4.78 is 0. The van der Waals surface area contributed by atoms with Crippen molar-refractivity contribution in [3.8, 4) is 0 Å². The molecule has 1 unspecified atom stereocenters. The van der Waals surface area contributed by atoms with Crippen molar-refractivity contribution in [1.29, 1.82) is 0 Å².